The molecule has 26 heavy (non-hydrogen) atoms. The van der Waals surface area contributed by atoms with Gasteiger partial charge in [-0.05, 0) is 24.1 Å². The number of aromatic nitrogens is 3. The molecule has 0 radical (unpaired) electrons. The summed E-state index contributed by atoms with van der Waals surface area (Å²) in [5.41, 5.74) is 2.92. The van der Waals surface area contributed by atoms with Gasteiger partial charge in [0.05, 0.1) is 18.5 Å². The highest BCUT2D eigenvalue weighted by Crippen LogP contribution is 2.22. The lowest BCUT2D eigenvalue weighted by Crippen LogP contribution is -2.25. The lowest BCUT2D eigenvalue weighted by atomic mass is 10.1. The van der Waals surface area contributed by atoms with E-state index in [1.807, 2.05) is 68.4 Å². The Morgan fingerprint density at radius 2 is 1.81 bits per heavy atom. The molecule has 1 aromatic heterocycles. The number of hydrogen-bond donors (Lipinski definition) is 1. The first-order chi connectivity index (χ1) is 12.6. The zero-order valence-corrected chi connectivity index (χ0v) is 15.1. The van der Waals surface area contributed by atoms with Gasteiger partial charge >= 0.3 is 0 Å². The summed E-state index contributed by atoms with van der Waals surface area (Å²) < 4.78 is 7.05. The smallest absolute Gasteiger partial charge is 0.274 e. The SMILES string of the molecule is COc1ccccc1CNC(=O)c1nnn(-c2ccccc2)c1C(C)C. The molecule has 0 spiro atoms. The third kappa shape index (κ3) is 3.59. The Morgan fingerprint density at radius 1 is 1.12 bits per heavy atom. The van der Waals surface area contributed by atoms with E-state index >= 15 is 0 Å². The van der Waals surface area contributed by atoms with Crippen molar-refractivity contribution in [2.75, 3.05) is 7.11 Å². The maximum atomic E-state index is 12.7. The van der Waals surface area contributed by atoms with Crippen LogP contribution in [-0.4, -0.2) is 28.0 Å². The lowest BCUT2D eigenvalue weighted by molar-refractivity contribution is 0.0944. The summed E-state index contributed by atoms with van der Waals surface area (Å²) in [7, 11) is 1.61. The Hall–Kier alpha value is -3.15. The normalized spacial score (nSPS) is 10.8. The predicted octanol–water partition coefficient (Wildman–Crippen LogP) is 3.33. The Bertz CT molecular complexity index is 888. The van der Waals surface area contributed by atoms with E-state index in [-0.39, 0.29) is 11.8 Å². The molecule has 6 nitrogen and oxygen atoms in total. The van der Waals surface area contributed by atoms with Crippen molar-refractivity contribution >= 4 is 5.91 Å². The minimum absolute atomic E-state index is 0.0946. The fourth-order valence-electron chi connectivity index (χ4n) is 2.84. The number of carbonyl (C=O) groups is 1. The van der Waals surface area contributed by atoms with Gasteiger partial charge in [0.25, 0.3) is 5.91 Å². The molecule has 134 valence electrons. The summed E-state index contributed by atoms with van der Waals surface area (Å²) >= 11 is 0. The third-order valence-electron chi connectivity index (χ3n) is 4.10. The summed E-state index contributed by atoms with van der Waals surface area (Å²) in [6, 6.07) is 17.3. The average molecular weight is 350 g/mol. The van der Waals surface area contributed by atoms with Crippen LogP contribution in [0.1, 0.15) is 41.5 Å². The van der Waals surface area contributed by atoms with Crippen LogP contribution in [0.15, 0.2) is 54.6 Å². The van der Waals surface area contributed by atoms with Crippen molar-refractivity contribution in [3.63, 3.8) is 0 Å². The highest BCUT2D eigenvalue weighted by atomic mass is 16.5. The van der Waals surface area contributed by atoms with Crippen LogP contribution in [0.2, 0.25) is 0 Å². The van der Waals surface area contributed by atoms with E-state index in [4.69, 9.17) is 4.74 Å². The monoisotopic (exact) mass is 350 g/mol. The lowest BCUT2D eigenvalue weighted by Gasteiger charge is -2.12. The summed E-state index contributed by atoms with van der Waals surface area (Å²) in [6.45, 7) is 4.41. The average Bonchev–Trinajstić information content (AvgIpc) is 3.12. The van der Waals surface area contributed by atoms with Crippen molar-refractivity contribution in [1.82, 2.24) is 20.3 Å². The molecule has 0 saturated carbocycles. The van der Waals surface area contributed by atoms with Crippen molar-refractivity contribution in [1.29, 1.82) is 0 Å². The van der Waals surface area contributed by atoms with Gasteiger partial charge in [0.1, 0.15) is 5.75 Å². The van der Waals surface area contributed by atoms with Crippen LogP contribution in [0, 0.1) is 0 Å². The molecular formula is C20H22N4O2. The molecule has 2 aromatic carbocycles. The van der Waals surface area contributed by atoms with Crippen LogP contribution < -0.4 is 10.1 Å². The minimum atomic E-state index is -0.248. The molecule has 1 amide bonds. The van der Waals surface area contributed by atoms with Gasteiger partial charge in [0.2, 0.25) is 0 Å². The minimum Gasteiger partial charge on any atom is -0.496 e. The molecule has 0 aliphatic rings. The first kappa shape index (κ1) is 17.7. The second kappa shape index (κ2) is 7.82. The molecule has 3 rings (SSSR count). The van der Waals surface area contributed by atoms with Crippen molar-refractivity contribution in [2.24, 2.45) is 0 Å². The summed E-state index contributed by atoms with van der Waals surface area (Å²) in [5.74, 6) is 0.587. The molecule has 0 fully saturated rings. The van der Waals surface area contributed by atoms with Gasteiger partial charge in [-0.25, -0.2) is 4.68 Å². The van der Waals surface area contributed by atoms with Crippen LogP contribution >= 0.6 is 0 Å². The van der Waals surface area contributed by atoms with E-state index in [0.29, 0.717) is 12.2 Å². The van der Waals surface area contributed by atoms with Crippen molar-refractivity contribution in [3.8, 4) is 11.4 Å². The van der Waals surface area contributed by atoms with Gasteiger partial charge in [0, 0.05) is 12.1 Å². The van der Waals surface area contributed by atoms with E-state index in [9.17, 15) is 4.79 Å². The Morgan fingerprint density at radius 3 is 2.50 bits per heavy atom. The number of hydrogen-bond acceptors (Lipinski definition) is 4. The van der Waals surface area contributed by atoms with Crippen LogP contribution in [0.25, 0.3) is 5.69 Å². The molecule has 6 heteroatoms. The standard InChI is InChI=1S/C20H22N4O2/c1-14(2)19-18(22-23-24(19)16-10-5-4-6-11-16)20(25)21-13-15-9-7-8-12-17(15)26-3/h4-12,14H,13H2,1-3H3,(H,21,25). The molecule has 0 saturated heterocycles. The van der Waals surface area contributed by atoms with Crippen LogP contribution in [0.5, 0.6) is 5.75 Å². The van der Waals surface area contributed by atoms with Gasteiger partial charge in [-0.2, -0.15) is 0 Å². The zero-order chi connectivity index (χ0) is 18.5. The molecular weight excluding hydrogens is 328 g/mol. The van der Waals surface area contributed by atoms with Crippen molar-refractivity contribution in [2.45, 2.75) is 26.3 Å². The maximum Gasteiger partial charge on any atom is 0.274 e. The quantitative estimate of drug-likeness (QED) is 0.740. The number of carbonyl (C=O) groups excluding carboxylic acids is 1. The second-order valence-electron chi connectivity index (χ2n) is 6.22. The zero-order valence-electron chi connectivity index (χ0n) is 15.1. The molecule has 1 N–H and O–H groups in total. The van der Waals surface area contributed by atoms with Crippen LogP contribution in [0.4, 0.5) is 0 Å². The number of nitrogens with one attached hydrogen (secondary N) is 1. The van der Waals surface area contributed by atoms with Gasteiger partial charge in [-0.1, -0.05) is 55.5 Å². The van der Waals surface area contributed by atoms with E-state index in [1.165, 1.54) is 0 Å². The number of ether oxygens (including phenoxy) is 1. The van der Waals surface area contributed by atoms with E-state index in [0.717, 1.165) is 22.7 Å². The largest absolute Gasteiger partial charge is 0.496 e. The predicted molar refractivity (Wildman–Crippen MR) is 99.6 cm³/mol. The molecule has 0 aliphatic heterocycles. The third-order valence-corrected chi connectivity index (χ3v) is 4.10. The highest BCUT2D eigenvalue weighted by Gasteiger charge is 2.22. The van der Waals surface area contributed by atoms with Gasteiger partial charge in [-0.3, -0.25) is 4.79 Å². The first-order valence-electron chi connectivity index (χ1n) is 8.53. The number of nitrogens with zero attached hydrogens (tertiary/aromatic N) is 3. The Labute approximate surface area is 152 Å². The summed E-state index contributed by atoms with van der Waals surface area (Å²) in [4.78, 5) is 12.7. The number of amides is 1. The summed E-state index contributed by atoms with van der Waals surface area (Å²) in [5, 5.41) is 11.3. The number of para-hydroxylation sites is 2. The Balaban J connectivity index is 1.85. The molecule has 0 bridgehead atoms. The van der Waals surface area contributed by atoms with E-state index in [1.54, 1.807) is 11.8 Å². The molecule has 3 aromatic rings. The number of rotatable bonds is 6. The fraction of sp³-hybridized carbons (Fsp3) is 0.250. The number of benzene rings is 2. The fourth-order valence-corrected chi connectivity index (χ4v) is 2.84. The maximum absolute atomic E-state index is 12.7. The van der Waals surface area contributed by atoms with Crippen molar-refractivity contribution < 1.29 is 9.53 Å². The second-order valence-corrected chi connectivity index (χ2v) is 6.22. The summed E-state index contributed by atoms with van der Waals surface area (Å²) in [6.07, 6.45) is 0. The first-order valence-corrected chi connectivity index (χ1v) is 8.53. The topological polar surface area (TPSA) is 69.0 Å². The highest BCUT2D eigenvalue weighted by molar-refractivity contribution is 5.93. The van der Waals surface area contributed by atoms with E-state index in [2.05, 4.69) is 15.6 Å². The molecule has 1 heterocycles. The van der Waals surface area contributed by atoms with Crippen molar-refractivity contribution in [3.05, 3.63) is 71.5 Å². The number of methoxy groups -OCH3 is 1. The molecule has 0 aliphatic carbocycles. The van der Waals surface area contributed by atoms with Gasteiger partial charge < -0.3 is 10.1 Å². The van der Waals surface area contributed by atoms with E-state index < -0.39 is 0 Å². The van der Waals surface area contributed by atoms with Crippen LogP contribution in [-0.2, 0) is 6.54 Å². The Kier molecular flexibility index (Phi) is 5.31. The molecule has 0 atom stereocenters. The molecule has 0 unspecified atom stereocenters. The van der Waals surface area contributed by atoms with Gasteiger partial charge in [0.15, 0.2) is 5.69 Å². The van der Waals surface area contributed by atoms with Gasteiger partial charge in [-0.15, -0.1) is 5.10 Å². The van der Waals surface area contributed by atoms with Crippen LogP contribution in [0.3, 0.4) is 0 Å².